The summed E-state index contributed by atoms with van der Waals surface area (Å²) in [6, 6.07) is 3.28. The van der Waals surface area contributed by atoms with Crippen LogP contribution in [0.25, 0.3) is 0 Å². The Balaban J connectivity index is 0.00000106. The lowest BCUT2D eigenvalue weighted by Gasteiger charge is -2.16. The fourth-order valence-electron chi connectivity index (χ4n) is 0.777. The summed E-state index contributed by atoms with van der Waals surface area (Å²) in [7, 11) is 0. The Labute approximate surface area is 102 Å². The highest BCUT2D eigenvalue weighted by molar-refractivity contribution is 6.30. The number of nitrogens with one attached hydrogen (secondary N) is 1. The van der Waals surface area contributed by atoms with Gasteiger partial charge in [-0.3, -0.25) is 4.79 Å². The molecular weight excluding hydrogens is 224 g/mol. The number of hydrogen-bond donors (Lipinski definition) is 1. The molecule has 4 heteroatoms. The maximum Gasteiger partial charge on any atom is 0.230 e. The summed E-state index contributed by atoms with van der Waals surface area (Å²) in [6.07, 6.45) is 1.56. The minimum atomic E-state index is -0.427. The van der Waals surface area contributed by atoms with Crippen LogP contribution in [0.3, 0.4) is 0 Å². The maximum absolute atomic E-state index is 11.6. The molecule has 0 aliphatic rings. The van der Waals surface area contributed by atoms with E-state index in [1.807, 2.05) is 34.6 Å². The third kappa shape index (κ3) is 5.12. The summed E-state index contributed by atoms with van der Waals surface area (Å²) in [5, 5.41) is 3.25. The number of pyridine rings is 1. The van der Waals surface area contributed by atoms with Crippen LogP contribution < -0.4 is 5.32 Å². The summed E-state index contributed by atoms with van der Waals surface area (Å²) in [5.41, 5.74) is -0.427. The van der Waals surface area contributed by atoms with E-state index in [0.29, 0.717) is 10.8 Å². The quantitative estimate of drug-likeness (QED) is 0.815. The van der Waals surface area contributed by atoms with Gasteiger partial charge in [0.25, 0.3) is 0 Å². The molecule has 0 fully saturated rings. The van der Waals surface area contributed by atoms with Crippen molar-refractivity contribution in [3.05, 3.63) is 23.4 Å². The molecule has 90 valence electrons. The van der Waals surface area contributed by atoms with Crippen LogP contribution in [0.5, 0.6) is 0 Å². The van der Waals surface area contributed by atoms with E-state index in [1.54, 1.807) is 18.3 Å². The first-order valence-corrected chi connectivity index (χ1v) is 5.70. The predicted molar refractivity (Wildman–Crippen MR) is 68.7 cm³/mol. The molecule has 3 nitrogen and oxygen atoms in total. The zero-order chi connectivity index (χ0) is 12.8. The summed E-state index contributed by atoms with van der Waals surface area (Å²) < 4.78 is 0. The topological polar surface area (TPSA) is 42.0 Å². The first kappa shape index (κ1) is 14.9. The van der Waals surface area contributed by atoms with Gasteiger partial charge in [0.2, 0.25) is 5.91 Å². The number of carbonyl (C=O) groups is 1. The van der Waals surface area contributed by atoms with Crippen molar-refractivity contribution in [2.45, 2.75) is 34.6 Å². The molecule has 1 N–H and O–H groups in total. The molecule has 0 spiro atoms. The number of aromatic nitrogens is 1. The Bertz CT molecular complexity index is 345. The van der Waals surface area contributed by atoms with Gasteiger partial charge in [-0.05, 0) is 12.1 Å². The molecule has 0 saturated heterocycles. The second-order valence-corrected chi connectivity index (χ2v) is 4.50. The van der Waals surface area contributed by atoms with Gasteiger partial charge in [0, 0.05) is 16.6 Å². The van der Waals surface area contributed by atoms with Gasteiger partial charge < -0.3 is 5.32 Å². The average Bonchev–Trinajstić information content (AvgIpc) is 2.19. The number of nitrogens with zero attached hydrogens (tertiary/aromatic N) is 1. The van der Waals surface area contributed by atoms with Crippen LogP contribution in [0.15, 0.2) is 18.3 Å². The summed E-state index contributed by atoms with van der Waals surface area (Å²) in [4.78, 5) is 15.5. The Hall–Kier alpha value is -1.09. The minimum absolute atomic E-state index is 0.0766. The lowest BCUT2D eigenvalue weighted by molar-refractivity contribution is -0.123. The van der Waals surface area contributed by atoms with Gasteiger partial charge in [-0.2, -0.15) is 0 Å². The van der Waals surface area contributed by atoms with Crippen LogP contribution >= 0.6 is 11.6 Å². The van der Waals surface area contributed by atoms with Crippen molar-refractivity contribution in [1.29, 1.82) is 0 Å². The van der Waals surface area contributed by atoms with Crippen LogP contribution in [-0.4, -0.2) is 10.9 Å². The molecule has 0 radical (unpaired) electrons. The normalized spacial score (nSPS) is 10.1. The summed E-state index contributed by atoms with van der Waals surface area (Å²) >= 11 is 5.75. The molecule has 0 aliphatic heterocycles. The number of rotatable bonds is 1. The van der Waals surface area contributed by atoms with Crippen molar-refractivity contribution in [2.75, 3.05) is 5.32 Å². The molecule has 1 amide bonds. The second-order valence-electron chi connectivity index (χ2n) is 4.06. The van der Waals surface area contributed by atoms with E-state index in [9.17, 15) is 4.79 Å². The van der Waals surface area contributed by atoms with E-state index < -0.39 is 5.41 Å². The Morgan fingerprint density at radius 3 is 2.38 bits per heavy atom. The van der Waals surface area contributed by atoms with Gasteiger partial charge >= 0.3 is 0 Å². The van der Waals surface area contributed by atoms with Crippen molar-refractivity contribution < 1.29 is 4.79 Å². The molecule has 0 unspecified atom stereocenters. The summed E-state index contributed by atoms with van der Waals surface area (Å²) in [5.74, 6) is 0.407. The molecular formula is C12H19ClN2O. The van der Waals surface area contributed by atoms with Gasteiger partial charge in [-0.25, -0.2) is 4.98 Å². The van der Waals surface area contributed by atoms with E-state index in [-0.39, 0.29) is 5.91 Å². The van der Waals surface area contributed by atoms with E-state index in [4.69, 9.17) is 11.6 Å². The fourth-order valence-corrected chi connectivity index (χ4v) is 0.937. The third-order valence-corrected chi connectivity index (χ3v) is 1.88. The first-order chi connectivity index (χ1) is 7.39. The van der Waals surface area contributed by atoms with Gasteiger partial charge in [0.1, 0.15) is 5.82 Å². The van der Waals surface area contributed by atoms with Crippen molar-refractivity contribution in [1.82, 2.24) is 4.98 Å². The summed E-state index contributed by atoms with van der Waals surface area (Å²) in [6.45, 7) is 9.52. The molecule has 1 rings (SSSR count). The number of carbonyl (C=O) groups excluding carboxylic acids is 1. The van der Waals surface area contributed by atoms with Crippen molar-refractivity contribution in [2.24, 2.45) is 5.41 Å². The first-order valence-electron chi connectivity index (χ1n) is 5.32. The standard InChI is InChI=1S/C10H13ClN2O.C2H6/c1-10(2,3)9(14)13-8-6-7(11)4-5-12-8;1-2/h4-6H,1-3H3,(H,12,13,14);1-2H3. The third-order valence-electron chi connectivity index (χ3n) is 1.64. The minimum Gasteiger partial charge on any atom is -0.310 e. The highest BCUT2D eigenvalue weighted by atomic mass is 35.5. The van der Waals surface area contributed by atoms with Crippen molar-refractivity contribution in [3.8, 4) is 0 Å². The number of anilines is 1. The van der Waals surface area contributed by atoms with E-state index in [2.05, 4.69) is 10.3 Å². The van der Waals surface area contributed by atoms with Crippen LogP contribution in [0.4, 0.5) is 5.82 Å². The largest absolute Gasteiger partial charge is 0.310 e. The Morgan fingerprint density at radius 1 is 1.38 bits per heavy atom. The molecule has 0 bridgehead atoms. The Kier molecular flexibility index (Phi) is 6.04. The Morgan fingerprint density at radius 2 is 1.94 bits per heavy atom. The zero-order valence-electron chi connectivity index (χ0n) is 10.5. The highest BCUT2D eigenvalue weighted by Crippen LogP contribution is 2.17. The van der Waals surface area contributed by atoms with Crippen molar-refractivity contribution in [3.63, 3.8) is 0 Å². The fraction of sp³-hybridized carbons (Fsp3) is 0.500. The lowest BCUT2D eigenvalue weighted by Crippen LogP contribution is -2.27. The highest BCUT2D eigenvalue weighted by Gasteiger charge is 2.21. The maximum atomic E-state index is 11.6. The van der Waals surface area contributed by atoms with Crippen LogP contribution in [-0.2, 0) is 4.79 Å². The number of amides is 1. The van der Waals surface area contributed by atoms with Crippen LogP contribution in [0.2, 0.25) is 5.02 Å². The molecule has 1 aromatic rings. The van der Waals surface area contributed by atoms with Gasteiger partial charge in [0.15, 0.2) is 0 Å². The predicted octanol–water partition coefficient (Wildman–Crippen LogP) is 3.75. The lowest BCUT2D eigenvalue weighted by atomic mass is 9.96. The van der Waals surface area contributed by atoms with Gasteiger partial charge in [0.05, 0.1) is 0 Å². The van der Waals surface area contributed by atoms with E-state index in [0.717, 1.165) is 0 Å². The average molecular weight is 243 g/mol. The molecule has 0 saturated carbocycles. The number of halogens is 1. The molecule has 0 aromatic carbocycles. The molecule has 0 aliphatic carbocycles. The van der Waals surface area contributed by atoms with E-state index in [1.165, 1.54) is 0 Å². The van der Waals surface area contributed by atoms with E-state index >= 15 is 0 Å². The zero-order valence-corrected chi connectivity index (χ0v) is 11.2. The van der Waals surface area contributed by atoms with Crippen LogP contribution in [0.1, 0.15) is 34.6 Å². The monoisotopic (exact) mass is 242 g/mol. The number of hydrogen-bond acceptors (Lipinski definition) is 2. The van der Waals surface area contributed by atoms with Crippen LogP contribution in [0, 0.1) is 5.41 Å². The van der Waals surface area contributed by atoms with Crippen molar-refractivity contribution >= 4 is 23.3 Å². The van der Waals surface area contributed by atoms with Gasteiger partial charge in [-0.15, -0.1) is 0 Å². The second kappa shape index (κ2) is 6.48. The van der Waals surface area contributed by atoms with Gasteiger partial charge in [-0.1, -0.05) is 46.2 Å². The molecule has 16 heavy (non-hydrogen) atoms. The molecule has 1 heterocycles. The molecule has 1 aromatic heterocycles. The SMILES string of the molecule is CC.CC(C)(C)C(=O)Nc1cc(Cl)ccn1. The smallest absolute Gasteiger partial charge is 0.230 e. The molecule has 0 atom stereocenters.